The molecular weight excluding hydrogens is 915 g/mol. The van der Waals surface area contributed by atoms with Crippen molar-refractivity contribution in [2.75, 3.05) is 39.6 Å². The molecular formula is C56H56F2N2O11. The fourth-order valence-electron chi connectivity index (χ4n) is 7.23. The van der Waals surface area contributed by atoms with Crippen LogP contribution in [0.1, 0.15) is 63.1 Å². The largest absolute Gasteiger partial charge is 0.486 e. The number of rotatable bonds is 14. The number of hydrogen-bond acceptors (Lipinski definition) is 11. The maximum Gasteiger partial charge on any atom is 0.326 e. The van der Waals surface area contributed by atoms with E-state index in [-0.39, 0.29) is 18.2 Å². The van der Waals surface area contributed by atoms with Crippen LogP contribution in [-0.2, 0) is 16.1 Å². The number of fused-ring (bicyclic) bond motifs is 2. The smallest absolute Gasteiger partial charge is 0.326 e. The van der Waals surface area contributed by atoms with Gasteiger partial charge in [0, 0.05) is 23.2 Å². The van der Waals surface area contributed by atoms with E-state index in [1.165, 1.54) is 32.0 Å². The van der Waals surface area contributed by atoms with Crippen LogP contribution >= 0.6 is 0 Å². The van der Waals surface area contributed by atoms with Crippen LogP contribution in [0.5, 0.6) is 23.0 Å². The first-order valence-electron chi connectivity index (χ1n) is 22.6. The summed E-state index contributed by atoms with van der Waals surface area (Å²) >= 11 is 0. The van der Waals surface area contributed by atoms with E-state index in [9.17, 15) is 33.4 Å². The van der Waals surface area contributed by atoms with Gasteiger partial charge in [0.2, 0.25) is 0 Å². The number of hydrogen-bond donors (Lipinski definition) is 6. The van der Waals surface area contributed by atoms with Crippen molar-refractivity contribution in [3.8, 4) is 45.3 Å². The maximum atomic E-state index is 14.5. The Morgan fingerprint density at radius 2 is 1.07 bits per heavy atom. The van der Waals surface area contributed by atoms with Gasteiger partial charge in [-0.15, -0.1) is 0 Å². The van der Waals surface area contributed by atoms with Crippen molar-refractivity contribution in [2.45, 2.75) is 45.3 Å². The van der Waals surface area contributed by atoms with Gasteiger partial charge in [-0.05, 0) is 132 Å². The zero-order valence-corrected chi connectivity index (χ0v) is 39.7. The number of aliphatic carboxylic acids is 2. The average Bonchev–Trinajstić information content (AvgIpc) is 3.38. The third-order valence-electron chi connectivity index (χ3n) is 11.8. The van der Waals surface area contributed by atoms with Gasteiger partial charge >= 0.3 is 11.9 Å². The van der Waals surface area contributed by atoms with Gasteiger partial charge in [-0.2, -0.15) is 0 Å². The van der Waals surface area contributed by atoms with Gasteiger partial charge in [0.15, 0.2) is 23.0 Å². The number of aldehydes is 1. The second-order valence-corrected chi connectivity index (χ2v) is 17.2. The molecule has 6 aromatic rings. The van der Waals surface area contributed by atoms with Crippen molar-refractivity contribution in [2.24, 2.45) is 5.73 Å². The van der Waals surface area contributed by atoms with Crippen LogP contribution in [0.3, 0.4) is 0 Å². The van der Waals surface area contributed by atoms with Crippen molar-refractivity contribution in [3.63, 3.8) is 0 Å². The molecule has 370 valence electrons. The first-order valence-corrected chi connectivity index (χ1v) is 22.6. The second-order valence-electron chi connectivity index (χ2n) is 17.2. The highest BCUT2D eigenvalue weighted by Crippen LogP contribution is 2.38. The molecule has 0 aromatic heterocycles. The maximum absolute atomic E-state index is 14.5. The Kier molecular flexibility index (Phi) is 17.6. The topological polar surface area (TPSA) is 207 Å². The Hall–Kier alpha value is -7.69. The van der Waals surface area contributed by atoms with Crippen LogP contribution in [0.4, 0.5) is 8.78 Å². The Morgan fingerprint density at radius 1 is 0.606 bits per heavy atom. The lowest BCUT2D eigenvalue weighted by Gasteiger charge is -2.23. The lowest BCUT2D eigenvalue weighted by Crippen LogP contribution is -2.52. The Morgan fingerprint density at radius 3 is 1.51 bits per heavy atom. The summed E-state index contributed by atoms with van der Waals surface area (Å²) in [4.78, 5) is 32.3. The van der Waals surface area contributed by atoms with Crippen LogP contribution in [0.15, 0.2) is 109 Å². The quantitative estimate of drug-likeness (QED) is 0.0446. The number of benzene rings is 6. The molecule has 0 bridgehead atoms. The van der Waals surface area contributed by atoms with Crippen LogP contribution in [0.25, 0.3) is 46.6 Å². The summed E-state index contributed by atoms with van der Waals surface area (Å²) in [5.74, 6) is -0.124. The molecule has 2 aliphatic rings. The molecule has 2 aliphatic heterocycles. The van der Waals surface area contributed by atoms with E-state index in [1.54, 1.807) is 30.4 Å². The molecule has 7 N–H and O–H groups in total. The summed E-state index contributed by atoms with van der Waals surface area (Å²) in [5, 5.41) is 37.9. The zero-order chi connectivity index (χ0) is 51.3. The van der Waals surface area contributed by atoms with Crippen LogP contribution in [-0.4, -0.2) is 89.4 Å². The van der Waals surface area contributed by atoms with E-state index in [0.717, 1.165) is 67.5 Å². The number of carbonyl (C=O) groups is 3. The zero-order valence-electron chi connectivity index (χ0n) is 39.7. The fourth-order valence-corrected chi connectivity index (χ4v) is 7.23. The number of nitrogens with one attached hydrogen (secondary N) is 1. The summed E-state index contributed by atoms with van der Waals surface area (Å²) < 4.78 is 51.1. The number of aliphatic hydroxyl groups is 2. The van der Waals surface area contributed by atoms with Gasteiger partial charge in [-0.3, -0.25) is 19.7 Å². The normalized spacial score (nSPS) is 14.3. The summed E-state index contributed by atoms with van der Waals surface area (Å²) in [7, 11) is 0. The highest BCUT2D eigenvalue weighted by atomic mass is 19.1. The third-order valence-corrected chi connectivity index (χ3v) is 11.8. The first-order chi connectivity index (χ1) is 34.0. The molecule has 13 nitrogen and oxygen atoms in total. The molecule has 2 unspecified atom stereocenters. The summed E-state index contributed by atoms with van der Waals surface area (Å²) in [5.41, 5.74) is 12.1. The van der Waals surface area contributed by atoms with Gasteiger partial charge in [0.05, 0.1) is 13.2 Å². The number of carboxylic acid groups (broad SMARTS) is 2. The number of carboxylic acids is 2. The van der Waals surface area contributed by atoms with Crippen LogP contribution < -0.4 is 30.0 Å². The standard InChI is InChI=1S/C28H28FNO5.C24H19FO3.C4H9NO3/c1-18-20(4-3-5-23(18)21-9-11-25-26(15-21)35-13-12-34-25)7-8-22-14-19(6-10-24(22)29)16-30-28(2,17-31)27(32)33;1-16-18(6-7-20-13-17(15-26)5-9-22(20)25)3-2-4-21(16)19-8-10-23-24(14-19)28-12-11-27-23;1-4(5,2-6)3(7)8/h3-11,14-15,30-31H,12-13,16-17H2,1-2H3,(H,32,33);2-10,13-15H,11-12H2,1H3;6H,2,5H2,1H3,(H,7,8)/b8-7+;7-6+;. The van der Waals surface area contributed by atoms with Crippen LogP contribution in [0, 0.1) is 25.5 Å². The van der Waals surface area contributed by atoms with Crippen molar-refractivity contribution in [1.82, 2.24) is 5.32 Å². The van der Waals surface area contributed by atoms with Crippen LogP contribution in [0.2, 0.25) is 0 Å². The molecule has 0 amide bonds. The van der Waals surface area contributed by atoms with Gasteiger partial charge in [0.25, 0.3) is 0 Å². The molecule has 15 heteroatoms. The molecule has 0 spiro atoms. The van der Waals surface area contributed by atoms with Gasteiger partial charge in [-0.25, -0.2) is 8.78 Å². The van der Waals surface area contributed by atoms with Gasteiger partial charge < -0.3 is 45.1 Å². The Labute approximate surface area is 410 Å². The molecule has 6 aromatic carbocycles. The minimum Gasteiger partial charge on any atom is -0.486 e. The summed E-state index contributed by atoms with van der Waals surface area (Å²) in [6.45, 7) is 7.94. The number of aliphatic hydroxyl groups excluding tert-OH is 2. The monoisotopic (exact) mass is 970 g/mol. The van der Waals surface area contributed by atoms with Crippen molar-refractivity contribution in [1.29, 1.82) is 0 Å². The molecule has 2 heterocycles. The number of carbonyl (C=O) groups excluding carboxylic acids is 1. The van der Waals surface area contributed by atoms with Crippen molar-refractivity contribution < 1.29 is 62.5 Å². The molecule has 0 radical (unpaired) electrons. The van der Waals surface area contributed by atoms with Crippen molar-refractivity contribution >= 4 is 42.5 Å². The number of halogens is 2. The summed E-state index contributed by atoms with van der Waals surface area (Å²) in [6.07, 6.45) is 7.84. The van der Waals surface area contributed by atoms with Gasteiger partial charge in [0.1, 0.15) is 55.4 Å². The highest BCUT2D eigenvalue weighted by molar-refractivity contribution is 5.82. The molecule has 0 saturated carbocycles. The minimum absolute atomic E-state index is 0.170. The van der Waals surface area contributed by atoms with E-state index >= 15 is 0 Å². The minimum atomic E-state index is -1.49. The first kappa shape index (κ1) is 52.7. The number of ether oxygens (including phenoxy) is 4. The SMILES string of the molecule is CC(N)(CO)C(=O)O.Cc1c(/C=C/c2cc(C=O)ccc2F)cccc1-c1ccc2c(c1)OCCO2.Cc1c(/C=C/c2cc(CNC(C)(CO)C(=O)O)ccc2F)cccc1-c1ccc2c(c1)OCCO2. The molecule has 71 heavy (non-hydrogen) atoms. The van der Waals surface area contributed by atoms with Crippen molar-refractivity contribution in [3.05, 3.63) is 165 Å². The lowest BCUT2D eigenvalue weighted by molar-refractivity contribution is -0.146. The van der Waals surface area contributed by atoms with E-state index < -0.39 is 36.2 Å². The Balaban J connectivity index is 0.000000205. The van der Waals surface area contributed by atoms with E-state index in [0.29, 0.717) is 55.0 Å². The molecule has 0 fully saturated rings. The predicted molar refractivity (Wildman–Crippen MR) is 269 cm³/mol. The average molecular weight is 971 g/mol. The summed E-state index contributed by atoms with van der Waals surface area (Å²) in [6, 6.07) is 32.7. The second kappa shape index (κ2) is 23.7. The molecule has 0 aliphatic carbocycles. The fraction of sp³-hybridized carbons (Fsp3) is 0.232. The molecule has 0 saturated heterocycles. The highest BCUT2D eigenvalue weighted by Gasteiger charge is 2.31. The van der Waals surface area contributed by atoms with E-state index in [1.807, 2.05) is 98.8 Å². The lowest BCUT2D eigenvalue weighted by atomic mass is 9.95. The Bertz CT molecular complexity index is 2950. The van der Waals surface area contributed by atoms with Gasteiger partial charge in [-0.1, -0.05) is 78.9 Å². The number of nitrogens with two attached hydrogens (primary N) is 1. The molecule has 2 atom stereocenters. The van der Waals surface area contributed by atoms with E-state index in [2.05, 4.69) is 5.32 Å². The predicted octanol–water partition coefficient (Wildman–Crippen LogP) is 9.00. The third kappa shape index (κ3) is 13.3. The van der Waals surface area contributed by atoms with E-state index in [4.69, 9.17) is 34.9 Å². The molecule has 8 rings (SSSR count).